The highest BCUT2D eigenvalue weighted by molar-refractivity contribution is 5.79. The molecule has 7 heteroatoms. The lowest BCUT2D eigenvalue weighted by atomic mass is 10.2. The molecule has 3 rings (SSSR count). The normalized spacial score (nSPS) is 20.5. The SMILES string of the molecule is CN=C(NCCCOCC1CCCO1)NCc1cccnc1OC1CCCC1. The van der Waals surface area contributed by atoms with E-state index >= 15 is 0 Å². The van der Waals surface area contributed by atoms with Crippen LogP contribution in [0.2, 0.25) is 0 Å². The van der Waals surface area contributed by atoms with Gasteiger partial charge in [0.1, 0.15) is 6.10 Å². The topological polar surface area (TPSA) is 77.0 Å². The summed E-state index contributed by atoms with van der Waals surface area (Å²) < 4.78 is 17.3. The van der Waals surface area contributed by atoms with Crippen molar-refractivity contribution in [1.82, 2.24) is 15.6 Å². The molecule has 156 valence electrons. The minimum absolute atomic E-state index is 0.294. The Bertz CT molecular complexity index is 599. The quantitative estimate of drug-likeness (QED) is 0.363. The Morgan fingerprint density at radius 1 is 1.25 bits per heavy atom. The van der Waals surface area contributed by atoms with Crippen LogP contribution in [0, 0.1) is 0 Å². The van der Waals surface area contributed by atoms with Gasteiger partial charge in [-0.3, -0.25) is 4.99 Å². The van der Waals surface area contributed by atoms with Crippen LogP contribution in [0.25, 0.3) is 0 Å². The largest absolute Gasteiger partial charge is 0.474 e. The van der Waals surface area contributed by atoms with Gasteiger partial charge in [0, 0.05) is 45.1 Å². The molecule has 1 atom stereocenters. The molecule has 0 amide bonds. The number of guanidine groups is 1. The lowest BCUT2D eigenvalue weighted by Gasteiger charge is -2.17. The Labute approximate surface area is 168 Å². The van der Waals surface area contributed by atoms with Gasteiger partial charge in [-0.2, -0.15) is 0 Å². The first kappa shape index (κ1) is 20.9. The van der Waals surface area contributed by atoms with Gasteiger partial charge in [0.15, 0.2) is 5.96 Å². The third-order valence-electron chi connectivity index (χ3n) is 5.19. The summed E-state index contributed by atoms with van der Waals surface area (Å²) in [5.74, 6) is 1.51. The molecule has 1 aliphatic heterocycles. The lowest BCUT2D eigenvalue weighted by Crippen LogP contribution is -2.37. The van der Waals surface area contributed by atoms with Crippen LogP contribution < -0.4 is 15.4 Å². The van der Waals surface area contributed by atoms with E-state index in [2.05, 4.69) is 26.7 Å². The molecular weight excluding hydrogens is 356 g/mol. The zero-order chi connectivity index (χ0) is 19.4. The second kappa shape index (κ2) is 11.9. The summed E-state index contributed by atoms with van der Waals surface area (Å²) in [6, 6.07) is 4.00. The first-order valence-electron chi connectivity index (χ1n) is 10.6. The number of nitrogens with zero attached hydrogens (tertiary/aromatic N) is 2. The molecule has 1 aromatic heterocycles. The molecule has 1 aromatic rings. The highest BCUT2D eigenvalue weighted by Crippen LogP contribution is 2.24. The van der Waals surface area contributed by atoms with E-state index in [1.165, 1.54) is 12.8 Å². The van der Waals surface area contributed by atoms with Gasteiger partial charge in [0.05, 0.1) is 12.7 Å². The van der Waals surface area contributed by atoms with E-state index < -0.39 is 0 Å². The molecule has 1 saturated carbocycles. The molecule has 1 aliphatic carbocycles. The van der Waals surface area contributed by atoms with Crippen LogP contribution in [0.3, 0.4) is 0 Å². The molecule has 0 spiro atoms. The summed E-state index contributed by atoms with van der Waals surface area (Å²) in [4.78, 5) is 8.71. The van der Waals surface area contributed by atoms with Crippen molar-refractivity contribution in [2.45, 2.75) is 63.7 Å². The molecule has 2 fully saturated rings. The summed E-state index contributed by atoms with van der Waals surface area (Å²) >= 11 is 0. The van der Waals surface area contributed by atoms with Gasteiger partial charge in [-0.25, -0.2) is 4.98 Å². The van der Waals surface area contributed by atoms with Gasteiger partial charge in [-0.1, -0.05) is 6.07 Å². The maximum absolute atomic E-state index is 6.10. The molecule has 2 aliphatic rings. The fourth-order valence-corrected chi connectivity index (χ4v) is 3.60. The summed E-state index contributed by atoms with van der Waals surface area (Å²) in [5.41, 5.74) is 1.05. The predicted molar refractivity (Wildman–Crippen MR) is 110 cm³/mol. The molecule has 0 radical (unpaired) electrons. The van der Waals surface area contributed by atoms with Gasteiger partial charge in [-0.05, 0) is 51.0 Å². The number of ether oxygens (including phenoxy) is 3. The average Bonchev–Trinajstić information content (AvgIpc) is 3.42. The molecule has 1 saturated heterocycles. The minimum Gasteiger partial charge on any atom is -0.474 e. The fourth-order valence-electron chi connectivity index (χ4n) is 3.60. The molecule has 0 bridgehead atoms. The van der Waals surface area contributed by atoms with Crippen LogP contribution in [0.4, 0.5) is 0 Å². The Hall–Kier alpha value is -1.86. The van der Waals surface area contributed by atoms with Gasteiger partial charge < -0.3 is 24.8 Å². The molecule has 2 heterocycles. The second-order valence-corrected chi connectivity index (χ2v) is 7.41. The van der Waals surface area contributed by atoms with Gasteiger partial charge in [0.25, 0.3) is 0 Å². The van der Waals surface area contributed by atoms with Crippen LogP contribution >= 0.6 is 0 Å². The number of rotatable bonds is 10. The van der Waals surface area contributed by atoms with E-state index in [1.807, 2.05) is 6.07 Å². The van der Waals surface area contributed by atoms with Crippen molar-refractivity contribution in [2.75, 3.05) is 33.4 Å². The van der Waals surface area contributed by atoms with Crippen LogP contribution in [0.1, 0.15) is 50.5 Å². The van der Waals surface area contributed by atoms with E-state index in [0.29, 0.717) is 25.4 Å². The molecular formula is C21H34N4O3. The predicted octanol–water partition coefficient (Wildman–Crippen LogP) is 2.65. The number of nitrogens with one attached hydrogen (secondary N) is 2. The monoisotopic (exact) mass is 390 g/mol. The first-order valence-corrected chi connectivity index (χ1v) is 10.6. The Morgan fingerprint density at radius 2 is 2.14 bits per heavy atom. The van der Waals surface area contributed by atoms with Crippen molar-refractivity contribution in [1.29, 1.82) is 0 Å². The molecule has 1 unspecified atom stereocenters. The van der Waals surface area contributed by atoms with Crippen molar-refractivity contribution in [3.8, 4) is 5.88 Å². The second-order valence-electron chi connectivity index (χ2n) is 7.41. The van der Waals surface area contributed by atoms with Gasteiger partial charge in [0.2, 0.25) is 5.88 Å². The number of hydrogen-bond donors (Lipinski definition) is 2. The summed E-state index contributed by atoms with van der Waals surface area (Å²) in [6.07, 6.45) is 10.3. The Morgan fingerprint density at radius 3 is 2.93 bits per heavy atom. The number of hydrogen-bond acceptors (Lipinski definition) is 5. The van der Waals surface area contributed by atoms with Crippen LogP contribution in [0.5, 0.6) is 5.88 Å². The highest BCUT2D eigenvalue weighted by Gasteiger charge is 2.18. The average molecular weight is 391 g/mol. The van der Waals surface area contributed by atoms with Gasteiger partial charge in [-0.15, -0.1) is 0 Å². The maximum atomic E-state index is 6.10. The van der Waals surface area contributed by atoms with Crippen molar-refractivity contribution in [2.24, 2.45) is 4.99 Å². The fraction of sp³-hybridized carbons (Fsp3) is 0.714. The lowest BCUT2D eigenvalue weighted by molar-refractivity contribution is 0.0168. The van der Waals surface area contributed by atoms with E-state index in [0.717, 1.165) is 69.3 Å². The molecule has 0 aromatic carbocycles. The summed E-state index contributed by atoms with van der Waals surface area (Å²) in [6.45, 7) is 3.75. The number of aromatic nitrogens is 1. The van der Waals surface area contributed by atoms with Crippen LogP contribution in [-0.2, 0) is 16.0 Å². The third kappa shape index (κ3) is 6.95. The molecule has 2 N–H and O–H groups in total. The standard InChI is InChI=1S/C21H34N4O3/c1-22-21(24-12-6-13-26-16-19-10-5-14-27-19)25-15-17-7-4-11-23-20(17)28-18-8-2-3-9-18/h4,7,11,18-19H,2-3,5-6,8-10,12-16H2,1H3,(H2,22,24,25). The van der Waals surface area contributed by atoms with E-state index in [9.17, 15) is 0 Å². The molecule has 28 heavy (non-hydrogen) atoms. The van der Waals surface area contributed by atoms with Crippen molar-refractivity contribution in [3.05, 3.63) is 23.9 Å². The Kier molecular flexibility index (Phi) is 8.84. The molecule has 7 nitrogen and oxygen atoms in total. The van der Waals surface area contributed by atoms with Crippen LogP contribution in [-0.4, -0.2) is 56.6 Å². The van der Waals surface area contributed by atoms with Crippen molar-refractivity contribution in [3.63, 3.8) is 0 Å². The van der Waals surface area contributed by atoms with Crippen LogP contribution in [0.15, 0.2) is 23.3 Å². The van der Waals surface area contributed by atoms with Gasteiger partial charge >= 0.3 is 0 Å². The van der Waals surface area contributed by atoms with E-state index in [1.54, 1.807) is 13.2 Å². The zero-order valence-electron chi connectivity index (χ0n) is 17.0. The summed E-state index contributed by atoms with van der Waals surface area (Å²) in [7, 11) is 1.78. The van der Waals surface area contributed by atoms with Crippen molar-refractivity contribution >= 4 is 5.96 Å². The minimum atomic E-state index is 0.294. The summed E-state index contributed by atoms with van der Waals surface area (Å²) in [5, 5.41) is 6.67. The third-order valence-corrected chi connectivity index (χ3v) is 5.19. The number of pyridine rings is 1. The smallest absolute Gasteiger partial charge is 0.218 e. The highest BCUT2D eigenvalue weighted by atomic mass is 16.5. The van der Waals surface area contributed by atoms with E-state index in [4.69, 9.17) is 14.2 Å². The van der Waals surface area contributed by atoms with Crippen molar-refractivity contribution < 1.29 is 14.2 Å². The van der Waals surface area contributed by atoms with E-state index in [-0.39, 0.29) is 0 Å². The number of aliphatic imine (C=N–C) groups is 1. The maximum Gasteiger partial charge on any atom is 0.218 e. The zero-order valence-corrected chi connectivity index (χ0v) is 17.0. The first-order chi connectivity index (χ1) is 13.8. The Balaban J connectivity index is 1.33.